The molecule has 1 rings (SSSR count). The van der Waals surface area contributed by atoms with Crippen molar-refractivity contribution in [1.29, 1.82) is 0 Å². The van der Waals surface area contributed by atoms with E-state index in [2.05, 4.69) is 0 Å². The van der Waals surface area contributed by atoms with Crippen LogP contribution in [0, 0.1) is 0 Å². The summed E-state index contributed by atoms with van der Waals surface area (Å²) in [4.78, 5) is 9.98. The second-order valence-corrected chi connectivity index (χ2v) is 3.05. The van der Waals surface area contributed by atoms with Gasteiger partial charge >= 0.3 is 6.18 Å². The zero-order valence-electron chi connectivity index (χ0n) is 7.59. The van der Waals surface area contributed by atoms with E-state index in [0.717, 1.165) is 12.1 Å². The van der Waals surface area contributed by atoms with E-state index in [1.807, 2.05) is 0 Å². The van der Waals surface area contributed by atoms with E-state index in [4.69, 9.17) is 0 Å². The average molecular weight is 220 g/mol. The van der Waals surface area contributed by atoms with Gasteiger partial charge in [0.2, 0.25) is 0 Å². The molecule has 0 aromatic heterocycles. The quantitative estimate of drug-likeness (QED) is 0.565. The highest BCUT2D eigenvalue weighted by molar-refractivity contribution is 5.56. The number of hydrogen-bond acceptors (Lipinski definition) is 1. The lowest BCUT2D eigenvalue weighted by molar-refractivity contribution is -0.137. The summed E-state index contributed by atoms with van der Waals surface area (Å²) >= 11 is 0. The molecule has 0 aliphatic carbocycles. The summed E-state index contributed by atoms with van der Waals surface area (Å²) in [6, 6.07) is 4.07. The summed E-state index contributed by atoms with van der Waals surface area (Å²) in [7, 11) is 0. The first kappa shape index (κ1) is 11.7. The Morgan fingerprint density at radius 1 is 1.20 bits per heavy atom. The molecular weight excluding hydrogens is 212 g/mol. The van der Waals surface area contributed by atoms with E-state index in [-0.39, 0.29) is 12.7 Å². The van der Waals surface area contributed by atoms with Crippen molar-refractivity contribution in [2.75, 3.05) is 0 Å². The highest BCUT2D eigenvalue weighted by Crippen LogP contribution is 2.29. The van der Waals surface area contributed by atoms with Crippen molar-refractivity contribution in [2.24, 2.45) is 0 Å². The van der Waals surface area contributed by atoms with Gasteiger partial charge in [0.15, 0.2) is 12.5 Å². The number of halogens is 4. The third-order valence-corrected chi connectivity index (χ3v) is 1.86. The first-order valence-electron chi connectivity index (χ1n) is 4.19. The molecule has 0 saturated heterocycles. The fourth-order valence-corrected chi connectivity index (χ4v) is 1.10. The lowest BCUT2D eigenvalue weighted by atomic mass is 10.1. The van der Waals surface area contributed by atoms with Crippen LogP contribution in [-0.2, 0) is 17.4 Å². The first-order chi connectivity index (χ1) is 6.93. The molecule has 0 N–H and O–H groups in total. The number of alkyl halides is 4. The lowest BCUT2D eigenvalue weighted by Crippen LogP contribution is -2.07. The molecule has 0 bridgehead atoms. The van der Waals surface area contributed by atoms with Crippen LogP contribution in [-0.4, -0.2) is 12.5 Å². The number of rotatable bonds is 3. The molecule has 5 heteroatoms. The van der Waals surface area contributed by atoms with Crippen molar-refractivity contribution >= 4 is 6.29 Å². The molecule has 1 unspecified atom stereocenters. The Kier molecular flexibility index (Phi) is 3.44. The summed E-state index contributed by atoms with van der Waals surface area (Å²) in [6.07, 6.45) is -6.13. The van der Waals surface area contributed by atoms with Gasteiger partial charge in [-0.05, 0) is 17.7 Å². The zero-order chi connectivity index (χ0) is 11.5. The summed E-state index contributed by atoms with van der Waals surface area (Å²) in [6.45, 7) is 0. The maximum Gasteiger partial charge on any atom is 0.416 e. The van der Waals surface area contributed by atoms with Gasteiger partial charge in [0.1, 0.15) is 0 Å². The van der Waals surface area contributed by atoms with Crippen molar-refractivity contribution in [1.82, 2.24) is 0 Å². The molecule has 0 radical (unpaired) electrons. The summed E-state index contributed by atoms with van der Waals surface area (Å²) < 4.78 is 48.9. The lowest BCUT2D eigenvalue weighted by Gasteiger charge is -2.07. The Bertz CT molecular complexity index is 328. The van der Waals surface area contributed by atoms with E-state index in [1.54, 1.807) is 0 Å². The Hall–Kier alpha value is -1.39. The number of benzene rings is 1. The van der Waals surface area contributed by atoms with Gasteiger partial charge in [-0.3, -0.25) is 0 Å². The number of carbonyl (C=O) groups excluding carboxylic acids is 1. The van der Waals surface area contributed by atoms with Crippen LogP contribution < -0.4 is 0 Å². The molecule has 0 aliphatic heterocycles. The zero-order valence-corrected chi connectivity index (χ0v) is 7.59. The van der Waals surface area contributed by atoms with E-state index in [0.29, 0.717) is 5.56 Å². The van der Waals surface area contributed by atoms with E-state index >= 15 is 0 Å². The van der Waals surface area contributed by atoms with Crippen LogP contribution in [0.5, 0.6) is 0 Å². The minimum atomic E-state index is -4.39. The van der Waals surface area contributed by atoms with Crippen molar-refractivity contribution in [3.8, 4) is 0 Å². The van der Waals surface area contributed by atoms with Crippen LogP contribution in [0.15, 0.2) is 24.3 Å². The molecule has 1 nitrogen and oxygen atoms in total. The third kappa shape index (κ3) is 3.34. The standard InChI is InChI=1S/C10H8F4O/c11-9(6-15)5-7-1-3-8(4-2-7)10(12,13)14/h1-4,6,9H,5H2. The SMILES string of the molecule is O=CC(F)Cc1ccc(C(F)(F)F)cc1. The summed E-state index contributed by atoms with van der Waals surface area (Å²) in [5.41, 5.74) is -0.421. The molecule has 0 aliphatic rings. The van der Waals surface area contributed by atoms with Crippen molar-refractivity contribution < 1.29 is 22.4 Å². The van der Waals surface area contributed by atoms with Gasteiger partial charge < -0.3 is 4.79 Å². The van der Waals surface area contributed by atoms with E-state index in [1.165, 1.54) is 12.1 Å². The van der Waals surface area contributed by atoms with Crippen molar-refractivity contribution in [3.05, 3.63) is 35.4 Å². The van der Waals surface area contributed by atoms with Gasteiger partial charge in [0.25, 0.3) is 0 Å². The smallest absolute Gasteiger partial charge is 0.300 e. The Morgan fingerprint density at radius 2 is 1.73 bits per heavy atom. The maximum atomic E-state index is 12.6. The monoisotopic (exact) mass is 220 g/mol. The van der Waals surface area contributed by atoms with Crippen LogP contribution in [0.3, 0.4) is 0 Å². The highest BCUT2D eigenvalue weighted by atomic mass is 19.4. The van der Waals surface area contributed by atoms with Gasteiger partial charge in [-0.25, -0.2) is 4.39 Å². The Labute approximate surface area is 83.7 Å². The molecule has 82 valence electrons. The molecular formula is C10H8F4O. The van der Waals surface area contributed by atoms with E-state index in [9.17, 15) is 22.4 Å². The predicted octanol–water partition coefficient (Wildman–Crippen LogP) is 2.78. The predicted molar refractivity (Wildman–Crippen MR) is 46.1 cm³/mol. The van der Waals surface area contributed by atoms with Gasteiger partial charge in [-0.2, -0.15) is 13.2 Å². The highest BCUT2D eigenvalue weighted by Gasteiger charge is 2.29. The first-order valence-corrected chi connectivity index (χ1v) is 4.19. The summed E-state index contributed by atoms with van der Waals surface area (Å²) in [5.74, 6) is 0. The number of aldehydes is 1. The van der Waals surface area contributed by atoms with Crippen LogP contribution in [0.2, 0.25) is 0 Å². The fourth-order valence-electron chi connectivity index (χ4n) is 1.10. The van der Waals surface area contributed by atoms with Gasteiger partial charge in [0.05, 0.1) is 5.56 Å². The fraction of sp³-hybridized carbons (Fsp3) is 0.300. The molecule has 0 saturated carbocycles. The van der Waals surface area contributed by atoms with Gasteiger partial charge in [-0.15, -0.1) is 0 Å². The third-order valence-electron chi connectivity index (χ3n) is 1.86. The second kappa shape index (κ2) is 4.42. The van der Waals surface area contributed by atoms with Crippen LogP contribution >= 0.6 is 0 Å². The van der Waals surface area contributed by atoms with Crippen LogP contribution in [0.1, 0.15) is 11.1 Å². The minimum absolute atomic E-state index is 0.123. The minimum Gasteiger partial charge on any atom is -0.300 e. The Balaban J connectivity index is 2.77. The molecule has 1 aromatic rings. The molecule has 0 amide bonds. The van der Waals surface area contributed by atoms with Gasteiger partial charge in [0, 0.05) is 6.42 Å². The topological polar surface area (TPSA) is 17.1 Å². The number of carbonyl (C=O) groups is 1. The average Bonchev–Trinajstić information content (AvgIpc) is 2.17. The van der Waals surface area contributed by atoms with E-state index < -0.39 is 17.9 Å². The molecule has 15 heavy (non-hydrogen) atoms. The van der Waals surface area contributed by atoms with Crippen molar-refractivity contribution in [3.63, 3.8) is 0 Å². The molecule has 0 fully saturated rings. The summed E-state index contributed by atoms with van der Waals surface area (Å²) in [5, 5.41) is 0. The molecule has 1 atom stereocenters. The molecule has 0 heterocycles. The Morgan fingerprint density at radius 3 is 2.13 bits per heavy atom. The maximum absolute atomic E-state index is 12.6. The van der Waals surface area contributed by atoms with Gasteiger partial charge in [-0.1, -0.05) is 12.1 Å². The normalized spacial score (nSPS) is 13.6. The molecule has 0 spiro atoms. The largest absolute Gasteiger partial charge is 0.416 e. The molecule has 1 aromatic carbocycles. The van der Waals surface area contributed by atoms with Crippen LogP contribution in [0.25, 0.3) is 0 Å². The number of hydrogen-bond donors (Lipinski definition) is 0. The van der Waals surface area contributed by atoms with Crippen molar-refractivity contribution in [2.45, 2.75) is 18.8 Å². The second-order valence-electron chi connectivity index (χ2n) is 3.05. The van der Waals surface area contributed by atoms with Crippen LogP contribution in [0.4, 0.5) is 17.6 Å².